The minimum absolute atomic E-state index is 0.143. The van der Waals surface area contributed by atoms with E-state index in [9.17, 15) is 9.59 Å². The molecule has 35 heavy (non-hydrogen) atoms. The number of pyridine rings is 1. The summed E-state index contributed by atoms with van der Waals surface area (Å²) in [4.78, 5) is 39.1. The number of rotatable bonds is 8. The summed E-state index contributed by atoms with van der Waals surface area (Å²) in [5.74, 6) is 0.174. The van der Waals surface area contributed by atoms with Gasteiger partial charge in [-0.15, -0.1) is 0 Å². The lowest BCUT2D eigenvalue weighted by Gasteiger charge is -2.28. The molecule has 1 aromatic carbocycles. The van der Waals surface area contributed by atoms with Gasteiger partial charge in [0.1, 0.15) is 11.3 Å². The van der Waals surface area contributed by atoms with Gasteiger partial charge in [0.05, 0.1) is 22.8 Å². The molecule has 0 aliphatic heterocycles. The van der Waals surface area contributed by atoms with Gasteiger partial charge in [-0.2, -0.15) is 0 Å². The summed E-state index contributed by atoms with van der Waals surface area (Å²) >= 11 is 6.54. The van der Waals surface area contributed by atoms with E-state index in [-0.39, 0.29) is 35.6 Å². The number of nitrogens with two attached hydrogens (primary N) is 1. The lowest BCUT2D eigenvalue weighted by atomic mass is 9.88. The Hall–Kier alpha value is -3.43. The number of carbonyl (C=O) groups is 2. The highest BCUT2D eigenvalue weighted by Gasteiger charge is 2.47. The van der Waals surface area contributed by atoms with E-state index in [0.717, 1.165) is 18.5 Å². The van der Waals surface area contributed by atoms with Gasteiger partial charge < -0.3 is 26.3 Å². The predicted molar refractivity (Wildman–Crippen MR) is 136 cm³/mol. The van der Waals surface area contributed by atoms with Crippen molar-refractivity contribution in [2.24, 2.45) is 23.5 Å². The van der Waals surface area contributed by atoms with E-state index >= 15 is 0 Å². The zero-order valence-electron chi connectivity index (χ0n) is 19.6. The lowest BCUT2D eigenvalue weighted by molar-refractivity contribution is -0.122. The van der Waals surface area contributed by atoms with E-state index in [4.69, 9.17) is 17.3 Å². The number of imidazole rings is 1. The van der Waals surface area contributed by atoms with Gasteiger partial charge in [0.2, 0.25) is 5.91 Å². The average molecular weight is 494 g/mol. The molecule has 1 saturated carbocycles. The molecular formula is C25H28ClN7O2. The van der Waals surface area contributed by atoms with E-state index in [1.807, 2.05) is 31.1 Å². The standard InChI is InChI=1S/C25H28ClN7O2/c1-33(2)9-8-28-25(35)16-5-3-4-15(11-16)23-31-21-20(17(26)12-29-24(21)32-23)30-19-14-7-6-13(10-14)18(19)22(27)34/h3-7,11-14,18-19H,8-10H2,1-2H3,(H2,27,34)(H,28,35)(H2,29,30,31,32)/t13-,14+,18+,19-/m1/s1. The number of primary amides is 1. The van der Waals surface area contributed by atoms with Crippen molar-refractivity contribution in [3.05, 3.63) is 53.2 Å². The predicted octanol–water partition coefficient (Wildman–Crippen LogP) is 2.66. The number of H-pyrrole nitrogens is 1. The molecule has 4 atom stereocenters. The molecule has 0 unspecified atom stereocenters. The number of nitrogens with one attached hydrogen (secondary N) is 3. The molecule has 1 fully saturated rings. The molecule has 182 valence electrons. The largest absolute Gasteiger partial charge is 0.378 e. The highest BCUT2D eigenvalue weighted by atomic mass is 35.5. The van der Waals surface area contributed by atoms with Crippen LogP contribution in [-0.4, -0.2) is 64.9 Å². The molecule has 10 heteroatoms. The number of fused-ring (bicyclic) bond motifs is 3. The summed E-state index contributed by atoms with van der Waals surface area (Å²) < 4.78 is 0. The van der Waals surface area contributed by atoms with Gasteiger partial charge in [-0.05, 0) is 44.5 Å². The first-order valence-electron chi connectivity index (χ1n) is 11.6. The SMILES string of the molecule is CN(C)CCNC(=O)c1cccc(-c2nc3ncc(Cl)c(N[C@H]4[C@@H](C(N)=O)[C@@H]5C=C[C@H]4C5)c3[nH]2)c1. The third-order valence-corrected chi connectivity index (χ3v) is 7.10. The van der Waals surface area contributed by atoms with Crippen molar-refractivity contribution in [1.82, 2.24) is 25.2 Å². The van der Waals surface area contributed by atoms with Gasteiger partial charge in [0, 0.05) is 30.3 Å². The minimum Gasteiger partial charge on any atom is -0.378 e. The zero-order valence-corrected chi connectivity index (χ0v) is 20.3. The summed E-state index contributed by atoms with van der Waals surface area (Å²) in [7, 11) is 3.92. The quantitative estimate of drug-likeness (QED) is 0.357. The van der Waals surface area contributed by atoms with Gasteiger partial charge in [0.15, 0.2) is 5.65 Å². The summed E-state index contributed by atoms with van der Waals surface area (Å²) in [5.41, 5.74) is 8.80. The first kappa shape index (κ1) is 23.3. The first-order valence-corrected chi connectivity index (χ1v) is 12.0. The number of anilines is 1. The zero-order chi connectivity index (χ0) is 24.7. The van der Waals surface area contributed by atoms with Crippen LogP contribution in [-0.2, 0) is 4.79 Å². The number of hydrogen-bond acceptors (Lipinski definition) is 6. The molecule has 0 spiro atoms. The van der Waals surface area contributed by atoms with Crippen LogP contribution in [0, 0.1) is 17.8 Å². The topological polar surface area (TPSA) is 129 Å². The number of carbonyl (C=O) groups excluding carboxylic acids is 2. The third kappa shape index (κ3) is 4.49. The van der Waals surface area contributed by atoms with Gasteiger partial charge in [-0.25, -0.2) is 9.97 Å². The van der Waals surface area contributed by atoms with Crippen LogP contribution in [0.4, 0.5) is 5.69 Å². The molecule has 2 aliphatic carbocycles. The maximum atomic E-state index is 12.6. The van der Waals surface area contributed by atoms with E-state index in [1.54, 1.807) is 18.3 Å². The van der Waals surface area contributed by atoms with Crippen LogP contribution >= 0.6 is 11.6 Å². The van der Waals surface area contributed by atoms with Crippen LogP contribution in [0.2, 0.25) is 5.02 Å². The average Bonchev–Trinajstić information content (AvgIpc) is 3.55. The molecule has 0 radical (unpaired) electrons. The van der Waals surface area contributed by atoms with Crippen molar-refractivity contribution in [3.63, 3.8) is 0 Å². The van der Waals surface area contributed by atoms with Crippen LogP contribution in [0.3, 0.4) is 0 Å². The normalized spacial score (nSPS) is 22.7. The van der Waals surface area contributed by atoms with Crippen molar-refractivity contribution >= 4 is 40.3 Å². The molecule has 3 aromatic rings. The molecule has 5 N–H and O–H groups in total. The number of likely N-dealkylation sites (N-methyl/N-ethyl adjacent to an activating group) is 1. The third-order valence-electron chi connectivity index (χ3n) is 6.82. The van der Waals surface area contributed by atoms with E-state index in [1.165, 1.54) is 0 Å². The minimum atomic E-state index is -0.313. The van der Waals surface area contributed by atoms with Crippen molar-refractivity contribution in [2.45, 2.75) is 12.5 Å². The van der Waals surface area contributed by atoms with Crippen molar-refractivity contribution in [3.8, 4) is 11.4 Å². The van der Waals surface area contributed by atoms with Crippen molar-refractivity contribution in [1.29, 1.82) is 0 Å². The Morgan fingerprint density at radius 3 is 2.83 bits per heavy atom. The Bertz CT molecular complexity index is 1320. The van der Waals surface area contributed by atoms with E-state index < -0.39 is 0 Å². The fraction of sp³-hybridized carbons (Fsp3) is 0.360. The molecule has 2 aliphatic rings. The molecule has 9 nitrogen and oxygen atoms in total. The number of amides is 2. The molecular weight excluding hydrogens is 466 g/mol. The van der Waals surface area contributed by atoms with Crippen LogP contribution in [0.1, 0.15) is 16.8 Å². The molecule has 2 heterocycles. The monoisotopic (exact) mass is 493 g/mol. The molecule has 2 amide bonds. The van der Waals surface area contributed by atoms with Crippen molar-refractivity contribution < 1.29 is 9.59 Å². The maximum Gasteiger partial charge on any atom is 0.251 e. The first-order chi connectivity index (χ1) is 16.8. The Balaban J connectivity index is 1.43. The lowest BCUT2D eigenvalue weighted by Crippen LogP contribution is -2.41. The number of benzene rings is 1. The van der Waals surface area contributed by atoms with Crippen LogP contribution < -0.4 is 16.4 Å². The number of hydrogen-bond donors (Lipinski definition) is 4. The molecule has 2 bridgehead atoms. The molecule has 5 rings (SSSR count). The highest BCUT2D eigenvalue weighted by Crippen LogP contribution is 2.46. The number of aromatic nitrogens is 3. The second-order valence-corrected chi connectivity index (χ2v) is 9.86. The van der Waals surface area contributed by atoms with E-state index in [0.29, 0.717) is 39.8 Å². The second-order valence-electron chi connectivity index (χ2n) is 9.45. The number of halogens is 1. The summed E-state index contributed by atoms with van der Waals surface area (Å²) in [6, 6.07) is 7.12. The molecule has 0 saturated heterocycles. The number of allylic oxidation sites excluding steroid dienone is 1. The number of nitrogens with zero attached hydrogens (tertiary/aromatic N) is 3. The van der Waals surface area contributed by atoms with Gasteiger partial charge in [-0.3, -0.25) is 9.59 Å². The fourth-order valence-corrected chi connectivity index (χ4v) is 5.29. The Morgan fingerprint density at radius 1 is 1.26 bits per heavy atom. The van der Waals surface area contributed by atoms with Crippen LogP contribution in [0.25, 0.3) is 22.6 Å². The fourth-order valence-electron chi connectivity index (χ4n) is 5.09. The number of aromatic amines is 1. The Labute approximate surface area is 208 Å². The van der Waals surface area contributed by atoms with Crippen LogP contribution in [0.15, 0.2) is 42.6 Å². The smallest absolute Gasteiger partial charge is 0.251 e. The highest BCUT2D eigenvalue weighted by molar-refractivity contribution is 6.34. The van der Waals surface area contributed by atoms with Gasteiger partial charge >= 0.3 is 0 Å². The summed E-state index contributed by atoms with van der Waals surface area (Å²) in [6.07, 6.45) is 6.67. The van der Waals surface area contributed by atoms with E-state index in [2.05, 4.69) is 37.7 Å². The van der Waals surface area contributed by atoms with Gasteiger partial charge in [0.25, 0.3) is 5.91 Å². The second kappa shape index (κ2) is 9.31. The maximum absolute atomic E-state index is 12.6. The van der Waals surface area contributed by atoms with Crippen LogP contribution in [0.5, 0.6) is 0 Å². The molecule has 2 aromatic heterocycles. The van der Waals surface area contributed by atoms with Crippen molar-refractivity contribution in [2.75, 3.05) is 32.5 Å². The Kier molecular flexibility index (Phi) is 6.21. The van der Waals surface area contributed by atoms with Gasteiger partial charge in [-0.1, -0.05) is 35.9 Å². The summed E-state index contributed by atoms with van der Waals surface area (Å²) in [5, 5.41) is 6.83. The Morgan fingerprint density at radius 2 is 2.06 bits per heavy atom. The summed E-state index contributed by atoms with van der Waals surface area (Å²) in [6.45, 7) is 1.31.